The van der Waals surface area contributed by atoms with Crippen LogP contribution in [-0.4, -0.2) is 51.0 Å². The minimum Gasteiger partial charge on any atom is -0.339 e. The van der Waals surface area contributed by atoms with Crippen LogP contribution in [-0.2, 0) is 11.3 Å². The predicted octanol–water partition coefficient (Wildman–Crippen LogP) is 4.86. The van der Waals surface area contributed by atoms with Gasteiger partial charge in [-0.1, -0.05) is 54.6 Å². The van der Waals surface area contributed by atoms with Crippen molar-refractivity contribution in [3.05, 3.63) is 94.8 Å². The Hall–Kier alpha value is -3.71. The van der Waals surface area contributed by atoms with Crippen molar-refractivity contribution in [2.75, 3.05) is 13.6 Å². The first kappa shape index (κ1) is 22.1. The summed E-state index contributed by atoms with van der Waals surface area (Å²) in [5, 5.41) is 6.74. The van der Waals surface area contributed by atoms with Crippen LogP contribution >= 0.6 is 11.3 Å². The van der Waals surface area contributed by atoms with Crippen LogP contribution in [0.5, 0.6) is 0 Å². The molecule has 1 aliphatic rings. The van der Waals surface area contributed by atoms with E-state index in [4.69, 9.17) is 5.10 Å². The van der Waals surface area contributed by atoms with Crippen LogP contribution in [0.4, 0.5) is 0 Å². The summed E-state index contributed by atoms with van der Waals surface area (Å²) in [6, 6.07) is 23.2. The highest BCUT2D eigenvalue weighted by Crippen LogP contribution is 2.27. The van der Waals surface area contributed by atoms with Crippen molar-refractivity contribution >= 4 is 23.2 Å². The Morgan fingerprint density at radius 1 is 1.03 bits per heavy atom. The normalized spacial score (nSPS) is 15.4. The molecule has 0 radical (unpaired) electrons. The number of hydrogen-bond acceptors (Lipinski definition) is 4. The molecule has 2 amide bonds. The molecule has 1 aliphatic heterocycles. The third-order valence-corrected chi connectivity index (χ3v) is 7.03. The molecular weight excluding hydrogens is 444 g/mol. The first-order valence-corrected chi connectivity index (χ1v) is 12.3. The molecule has 1 saturated heterocycles. The number of aromatic nitrogens is 2. The molecule has 1 unspecified atom stereocenters. The van der Waals surface area contributed by atoms with Crippen molar-refractivity contribution in [3.8, 4) is 16.9 Å². The Bertz CT molecular complexity index is 1270. The van der Waals surface area contributed by atoms with E-state index in [-0.39, 0.29) is 11.8 Å². The van der Waals surface area contributed by atoms with Gasteiger partial charge < -0.3 is 9.80 Å². The summed E-state index contributed by atoms with van der Waals surface area (Å²) in [6.45, 7) is 1.02. The zero-order valence-electron chi connectivity index (χ0n) is 19.0. The molecule has 34 heavy (non-hydrogen) atoms. The number of rotatable bonds is 6. The highest BCUT2D eigenvalue weighted by molar-refractivity contribution is 7.12. The van der Waals surface area contributed by atoms with E-state index in [1.807, 2.05) is 96.1 Å². The molecule has 2 aromatic carbocycles. The number of likely N-dealkylation sites (N-methyl/N-ethyl adjacent to an activating group) is 1. The van der Waals surface area contributed by atoms with E-state index in [2.05, 4.69) is 0 Å². The molecule has 1 atom stereocenters. The standard InChI is InChI=1S/C27H26N4O2S/c1-29(26(32)23-14-8-16-30(23)27(33)24-15-9-17-34-24)18-21-19-31(22-12-6-3-7-13-22)28-25(21)20-10-4-2-5-11-20/h2-7,9-13,15,17,19,23H,8,14,16,18H2,1H3. The van der Waals surface area contributed by atoms with Crippen LogP contribution in [0.2, 0.25) is 0 Å². The largest absolute Gasteiger partial charge is 0.339 e. The van der Waals surface area contributed by atoms with Crippen molar-refractivity contribution in [1.82, 2.24) is 19.6 Å². The summed E-state index contributed by atoms with van der Waals surface area (Å²) in [5.41, 5.74) is 3.77. The lowest BCUT2D eigenvalue weighted by atomic mass is 10.1. The number of carbonyl (C=O) groups is 2. The maximum atomic E-state index is 13.5. The van der Waals surface area contributed by atoms with Crippen molar-refractivity contribution < 1.29 is 9.59 Å². The van der Waals surface area contributed by atoms with Crippen LogP contribution in [0, 0.1) is 0 Å². The van der Waals surface area contributed by atoms with E-state index in [9.17, 15) is 9.59 Å². The minimum atomic E-state index is -0.427. The first-order chi connectivity index (χ1) is 16.6. The molecule has 3 heterocycles. The fourth-order valence-corrected chi connectivity index (χ4v) is 5.15. The molecule has 4 aromatic rings. The smallest absolute Gasteiger partial charge is 0.264 e. The lowest BCUT2D eigenvalue weighted by Gasteiger charge is -2.27. The fourth-order valence-electron chi connectivity index (χ4n) is 4.47. The Balaban J connectivity index is 1.40. The second kappa shape index (κ2) is 9.65. The Kier molecular flexibility index (Phi) is 6.27. The molecule has 0 bridgehead atoms. The number of nitrogens with zero attached hydrogens (tertiary/aromatic N) is 4. The molecule has 5 rings (SSSR count). The SMILES string of the molecule is CN(Cc1cn(-c2ccccc2)nc1-c1ccccc1)C(=O)C1CCCN1C(=O)c1cccs1. The molecule has 0 spiro atoms. The number of para-hydroxylation sites is 1. The lowest BCUT2D eigenvalue weighted by molar-refractivity contribution is -0.134. The monoisotopic (exact) mass is 470 g/mol. The minimum absolute atomic E-state index is 0.0334. The molecule has 2 aromatic heterocycles. The predicted molar refractivity (Wildman–Crippen MR) is 134 cm³/mol. The maximum absolute atomic E-state index is 13.5. The van der Waals surface area contributed by atoms with E-state index in [0.717, 1.165) is 28.9 Å². The number of carbonyl (C=O) groups excluding carboxylic acids is 2. The third-order valence-electron chi connectivity index (χ3n) is 6.17. The third kappa shape index (κ3) is 4.39. The second-order valence-electron chi connectivity index (χ2n) is 8.48. The molecule has 7 heteroatoms. The van der Waals surface area contributed by atoms with Gasteiger partial charge in [-0.2, -0.15) is 5.10 Å². The van der Waals surface area contributed by atoms with Crippen molar-refractivity contribution in [2.45, 2.75) is 25.4 Å². The average Bonchev–Trinajstić information content (AvgIpc) is 3.65. The Morgan fingerprint density at radius 2 is 1.76 bits per heavy atom. The number of likely N-dealkylation sites (tertiary alicyclic amines) is 1. The molecule has 1 fully saturated rings. The zero-order chi connectivity index (χ0) is 23.5. The summed E-state index contributed by atoms with van der Waals surface area (Å²) in [4.78, 5) is 30.6. The highest BCUT2D eigenvalue weighted by Gasteiger charge is 2.36. The van der Waals surface area contributed by atoms with Crippen LogP contribution in [0.3, 0.4) is 0 Å². The zero-order valence-corrected chi connectivity index (χ0v) is 19.8. The Labute approximate surface area is 203 Å². The summed E-state index contributed by atoms with van der Waals surface area (Å²) in [7, 11) is 1.81. The molecule has 6 nitrogen and oxygen atoms in total. The molecule has 0 N–H and O–H groups in total. The summed E-state index contributed by atoms with van der Waals surface area (Å²) in [6.07, 6.45) is 3.52. The van der Waals surface area contributed by atoms with E-state index in [1.54, 1.807) is 9.80 Å². The van der Waals surface area contributed by atoms with Gasteiger partial charge in [0.05, 0.1) is 16.3 Å². The van der Waals surface area contributed by atoms with Crippen LogP contribution in [0.15, 0.2) is 84.4 Å². The summed E-state index contributed by atoms with van der Waals surface area (Å²) in [5.74, 6) is -0.0880. The molecular formula is C27H26N4O2S. The number of hydrogen-bond donors (Lipinski definition) is 0. The van der Waals surface area contributed by atoms with Crippen molar-refractivity contribution in [2.24, 2.45) is 0 Å². The Morgan fingerprint density at radius 3 is 2.47 bits per heavy atom. The van der Waals surface area contributed by atoms with Crippen LogP contribution in [0.25, 0.3) is 16.9 Å². The van der Waals surface area contributed by atoms with E-state index in [1.165, 1.54) is 11.3 Å². The van der Waals surface area contributed by atoms with Crippen LogP contribution < -0.4 is 0 Å². The van der Waals surface area contributed by atoms with Gasteiger partial charge in [0.2, 0.25) is 5.91 Å². The van der Waals surface area contributed by atoms with E-state index >= 15 is 0 Å². The maximum Gasteiger partial charge on any atom is 0.264 e. The van der Waals surface area contributed by atoms with Gasteiger partial charge in [0, 0.05) is 37.5 Å². The van der Waals surface area contributed by atoms with Gasteiger partial charge in [-0.15, -0.1) is 11.3 Å². The topological polar surface area (TPSA) is 58.4 Å². The second-order valence-corrected chi connectivity index (χ2v) is 9.42. The highest BCUT2D eigenvalue weighted by atomic mass is 32.1. The molecule has 172 valence electrons. The van der Waals surface area contributed by atoms with Gasteiger partial charge in [0.1, 0.15) is 6.04 Å². The van der Waals surface area contributed by atoms with Gasteiger partial charge in [0.15, 0.2) is 0 Å². The van der Waals surface area contributed by atoms with Crippen LogP contribution in [0.1, 0.15) is 28.1 Å². The van der Waals surface area contributed by atoms with Gasteiger partial charge >= 0.3 is 0 Å². The van der Waals surface area contributed by atoms with Crippen molar-refractivity contribution in [3.63, 3.8) is 0 Å². The lowest BCUT2D eigenvalue weighted by Crippen LogP contribution is -2.46. The summed E-state index contributed by atoms with van der Waals surface area (Å²) >= 11 is 1.42. The van der Waals surface area contributed by atoms with E-state index < -0.39 is 6.04 Å². The van der Waals surface area contributed by atoms with E-state index in [0.29, 0.717) is 24.4 Å². The molecule has 0 saturated carbocycles. The number of benzene rings is 2. The average molecular weight is 471 g/mol. The van der Waals surface area contributed by atoms with Gasteiger partial charge in [-0.05, 0) is 36.4 Å². The quantitative estimate of drug-likeness (QED) is 0.404. The van der Waals surface area contributed by atoms with Gasteiger partial charge in [-0.25, -0.2) is 4.68 Å². The fraction of sp³-hybridized carbons (Fsp3) is 0.222. The summed E-state index contributed by atoms with van der Waals surface area (Å²) < 4.78 is 1.86. The van der Waals surface area contributed by atoms with Gasteiger partial charge in [0.25, 0.3) is 5.91 Å². The number of thiophene rings is 1. The molecule has 0 aliphatic carbocycles. The number of amides is 2. The van der Waals surface area contributed by atoms with Gasteiger partial charge in [-0.3, -0.25) is 9.59 Å². The van der Waals surface area contributed by atoms with Crippen molar-refractivity contribution in [1.29, 1.82) is 0 Å². The first-order valence-electron chi connectivity index (χ1n) is 11.4.